The summed E-state index contributed by atoms with van der Waals surface area (Å²) in [6, 6.07) is 19.7. The Balaban J connectivity index is 1.58. The Hall–Kier alpha value is -4.84. The zero-order valence-electron chi connectivity index (χ0n) is 27.8. The lowest BCUT2D eigenvalue weighted by Gasteiger charge is -2.33. The van der Waals surface area contributed by atoms with Gasteiger partial charge in [0.05, 0.1) is 11.4 Å². The predicted octanol–water partition coefficient (Wildman–Crippen LogP) is 8.95. The number of allylic oxidation sites excluding steroid dienone is 1. The molecule has 5 aromatic rings. The Kier molecular flexibility index (Phi) is 6.38. The molecule has 0 fully saturated rings. The van der Waals surface area contributed by atoms with Gasteiger partial charge in [0, 0.05) is 10.8 Å². The van der Waals surface area contributed by atoms with Crippen LogP contribution < -0.4 is 11.1 Å². The molecule has 7 rings (SSSR count). The molecule has 0 bridgehead atoms. The van der Waals surface area contributed by atoms with Gasteiger partial charge in [-0.25, -0.2) is 9.98 Å². The number of phenolic OH excluding ortho intramolecular Hbond substituents is 2. The van der Waals surface area contributed by atoms with Gasteiger partial charge in [-0.1, -0.05) is 76.2 Å². The lowest BCUT2D eigenvalue weighted by Crippen LogP contribution is -2.29. The van der Waals surface area contributed by atoms with E-state index in [1.165, 1.54) is 0 Å². The second-order valence-electron chi connectivity index (χ2n) is 14.3. The van der Waals surface area contributed by atoms with Crippen molar-refractivity contribution in [1.29, 1.82) is 0 Å². The maximum Gasteiger partial charge on any atom is 0.284 e. The molecule has 4 aromatic carbocycles. The van der Waals surface area contributed by atoms with Crippen LogP contribution in [0.5, 0.6) is 11.5 Å². The van der Waals surface area contributed by atoms with Crippen molar-refractivity contribution in [2.45, 2.75) is 78.1 Å². The van der Waals surface area contributed by atoms with Gasteiger partial charge in [-0.2, -0.15) is 0 Å². The Morgan fingerprint density at radius 2 is 1.04 bits per heavy atom. The van der Waals surface area contributed by atoms with Gasteiger partial charge in [-0.05, 0) is 108 Å². The summed E-state index contributed by atoms with van der Waals surface area (Å²) < 4.78 is 13.4. The third-order valence-corrected chi connectivity index (χ3v) is 10.4. The number of hydrogen-bond donors (Lipinski definition) is 2. The largest absolute Gasteiger partial charge is 0.504 e. The fourth-order valence-corrected chi connectivity index (χ4v) is 7.91. The van der Waals surface area contributed by atoms with E-state index in [-0.39, 0.29) is 22.5 Å². The van der Waals surface area contributed by atoms with Crippen molar-refractivity contribution in [3.8, 4) is 11.5 Å². The van der Waals surface area contributed by atoms with Crippen LogP contribution in [0.15, 0.2) is 91.6 Å². The standard InChI is InChI=1S/C40H40N2O4/c1-21-12-10-13-22(2)34(21)41-36-37(42-35-23(3)14-11-15-24(35)4)46-33-19-29-26(18-32(33)45-36)38(6,7)20-40(29)25(5)39(8,9)27-16-30(43)31(44)17-28(27)40/h10-19,43-44H,5,20H2,1-4,6-9H3/t40-/m1/s1. The molecular weight excluding hydrogens is 572 g/mol. The summed E-state index contributed by atoms with van der Waals surface area (Å²) in [6.45, 7) is 21.5. The van der Waals surface area contributed by atoms with Gasteiger partial charge >= 0.3 is 0 Å². The van der Waals surface area contributed by atoms with Crippen molar-refractivity contribution in [3.05, 3.63) is 128 Å². The molecule has 2 aliphatic rings. The molecule has 1 aromatic heterocycles. The summed E-state index contributed by atoms with van der Waals surface area (Å²) in [6.07, 6.45) is 0.740. The van der Waals surface area contributed by atoms with E-state index >= 15 is 0 Å². The molecule has 2 aliphatic carbocycles. The van der Waals surface area contributed by atoms with E-state index in [0.29, 0.717) is 16.7 Å². The van der Waals surface area contributed by atoms with E-state index in [4.69, 9.17) is 18.8 Å². The van der Waals surface area contributed by atoms with Crippen molar-refractivity contribution in [3.63, 3.8) is 0 Å². The van der Waals surface area contributed by atoms with Crippen LogP contribution in [0.3, 0.4) is 0 Å². The zero-order chi connectivity index (χ0) is 32.9. The van der Waals surface area contributed by atoms with E-state index in [9.17, 15) is 10.2 Å². The van der Waals surface area contributed by atoms with Crippen LogP contribution in [-0.4, -0.2) is 10.2 Å². The minimum Gasteiger partial charge on any atom is -0.504 e. The van der Waals surface area contributed by atoms with Crippen molar-refractivity contribution >= 4 is 22.5 Å². The highest BCUT2D eigenvalue weighted by atomic mass is 16.4. The first-order valence-corrected chi connectivity index (χ1v) is 15.8. The van der Waals surface area contributed by atoms with Gasteiger partial charge in [-0.15, -0.1) is 0 Å². The molecule has 1 heterocycles. The summed E-state index contributed by atoms with van der Waals surface area (Å²) in [5.74, 6) is -0.262. The first-order valence-electron chi connectivity index (χ1n) is 15.8. The first-order chi connectivity index (χ1) is 21.6. The monoisotopic (exact) mass is 612 g/mol. The maximum absolute atomic E-state index is 10.7. The maximum atomic E-state index is 10.7. The molecule has 0 unspecified atom stereocenters. The molecule has 46 heavy (non-hydrogen) atoms. The molecule has 0 saturated carbocycles. The summed E-state index contributed by atoms with van der Waals surface area (Å²) in [7, 11) is 0. The van der Waals surface area contributed by atoms with Gasteiger partial charge < -0.3 is 19.0 Å². The van der Waals surface area contributed by atoms with Gasteiger partial charge in [0.1, 0.15) is 0 Å². The smallest absolute Gasteiger partial charge is 0.284 e. The van der Waals surface area contributed by atoms with Gasteiger partial charge in [0.2, 0.25) is 0 Å². The molecule has 6 nitrogen and oxygen atoms in total. The van der Waals surface area contributed by atoms with E-state index < -0.39 is 10.8 Å². The number of aromatic hydroxyl groups is 2. The quantitative estimate of drug-likeness (QED) is 0.154. The zero-order valence-corrected chi connectivity index (χ0v) is 27.8. The number of aryl methyl sites for hydroxylation is 4. The molecular formula is C40H40N2O4. The first kappa shape index (κ1) is 29.8. The number of phenols is 2. The second-order valence-corrected chi connectivity index (χ2v) is 14.3. The number of nitrogens with zero attached hydrogens (tertiary/aromatic N) is 2. The van der Waals surface area contributed by atoms with E-state index in [1.54, 1.807) is 12.1 Å². The average molecular weight is 613 g/mol. The second kappa shape index (κ2) is 9.83. The molecule has 2 N–H and O–H groups in total. The average Bonchev–Trinajstić information content (AvgIpc) is 3.31. The summed E-state index contributed by atoms with van der Waals surface area (Å²) in [5, 5.41) is 21.2. The van der Waals surface area contributed by atoms with E-state index in [0.717, 1.165) is 67.9 Å². The van der Waals surface area contributed by atoms with Crippen molar-refractivity contribution in [2.75, 3.05) is 0 Å². The fourth-order valence-electron chi connectivity index (χ4n) is 7.91. The predicted molar refractivity (Wildman–Crippen MR) is 181 cm³/mol. The summed E-state index contributed by atoms with van der Waals surface area (Å²) >= 11 is 0. The lowest BCUT2D eigenvalue weighted by atomic mass is 9.69. The summed E-state index contributed by atoms with van der Waals surface area (Å²) in [5.41, 5.74) is 11.3. The number of hydrogen-bond acceptors (Lipinski definition) is 6. The van der Waals surface area contributed by atoms with Crippen molar-refractivity contribution < 1.29 is 19.0 Å². The number of fused-ring (bicyclic) bond motifs is 5. The molecule has 6 heteroatoms. The molecule has 234 valence electrons. The van der Waals surface area contributed by atoms with Crippen LogP contribution in [0.2, 0.25) is 0 Å². The Bertz CT molecular complexity index is 2240. The third-order valence-electron chi connectivity index (χ3n) is 10.4. The van der Waals surface area contributed by atoms with E-state index in [2.05, 4.69) is 46.4 Å². The Labute approximate surface area is 269 Å². The fraction of sp³-hybridized carbons (Fsp3) is 0.300. The number of rotatable bonds is 2. The van der Waals surface area contributed by atoms with Crippen LogP contribution in [-0.2, 0) is 16.2 Å². The van der Waals surface area contributed by atoms with Gasteiger partial charge in [0.15, 0.2) is 22.7 Å². The number of benzene rings is 4. The SMILES string of the molecule is C=C1C(C)(C)c2cc(O)c(O)cc2[C@@]12CC(C)(C)c1cc3oc(=Nc4c(C)cccc4C)c(=Nc4c(C)cccc4C)oc3cc12. The van der Waals surface area contributed by atoms with Gasteiger partial charge in [-0.3, -0.25) is 0 Å². The Morgan fingerprint density at radius 1 is 0.630 bits per heavy atom. The van der Waals surface area contributed by atoms with Gasteiger partial charge in [0.25, 0.3) is 11.1 Å². The lowest BCUT2D eigenvalue weighted by molar-refractivity contribution is 0.400. The highest BCUT2D eigenvalue weighted by molar-refractivity contribution is 5.79. The Morgan fingerprint density at radius 3 is 1.52 bits per heavy atom. The van der Waals surface area contributed by atoms with Crippen LogP contribution in [0.25, 0.3) is 11.2 Å². The minimum absolute atomic E-state index is 0.126. The molecule has 1 spiro atoms. The topological polar surface area (TPSA) is 91.5 Å². The highest BCUT2D eigenvalue weighted by Crippen LogP contribution is 2.66. The van der Waals surface area contributed by atoms with Crippen molar-refractivity contribution in [1.82, 2.24) is 0 Å². The normalized spacial score (nSPS) is 20.1. The van der Waals surface area contributed by atoms with Crippen LogP contribution >= 0.6 is 0 Å². The molecule has 0 saturated heterocycles. The van der Waals surface area contributed by atoms with Crippen LogP contribution in [0.4, 0.5) is 11.4 Å². The third kappa shape index (κ3) is 4.15. The minimum atomic E-state index is -0.599. The highest BCUT2D eigenvalue weighted by Gasteiger charge is 2.59. The molecule has 0 aliphatic heterocycles. The number of para-hydroxylation sites is 2. The van der Waals surface area contributed by atoms with E-state index in [1.807, 2.05) is 64.1 Å². The molecule has 0 amide bonds. The summed E-state index contributed by atoms with van der Waals surface area (Å²) in [4.78, 5) is 10.0. The van der Waals surface area contributed by atoms with Crippen molar-refractivity contribution in [2.24, 2.45) is 9.98 Å². The van der Waals surface area contributed by atoms with Crippen LogP contribution in [0, 0.1) is 27.7 Å². The molecule has 0 radical (unpaired) electrons. The molecule has 1 atom stereocenters. The van der Waals surface area contributed by atoms with Crippen LogP contribution in [0.1, 0.15) is 78.6 Å².